The molecular formula is C31H31F2N3O3. The van der Waals surface area contributed by atoms with Crippen molar-refractivity contribution in [3.05, 3.63) is 112 Å². The van der Waals surface area contributed by atoms with Gasteiger partial charge in [-0.15, -0.1) is 0 Å². The summed E-state index contributed by atoms with van der Waals surface area (Å²) in [6, 6.07) is 18.3. The Labute approximate surface area is 226 Å². The Morgan fingerprint density at radius 2 is 1.77 bits per heavy atom. The number of fused-ring (bicyclic) bond motifs is 3. The lowest BCUT2D eigenvalue weighted by atomic mass is 9.89. The van der Waals surface area contributed by atoms with E-state index in [1.807, 2.05) is 36.4 Å². The third-order valence-electron chi connectivity index (χ3n) is 7.15. The number of aliphatic hydroxyl groups excluding tert-OH is 1. The number of nitrogens with zero attached hydrogens (tertiary/aromatic N) is 1. The van der Waals surface area contributed by atoms with Crippen LogP contribution in [0.1, 0.15) is 45.2 Å². The van der Waals surface area contributed by atoms with Crippen molar-refractivity contribution in [3.63, 3.8) is 0 Å². The quantitative estimate of drug-likeness (QED) is 0.274. The van der Waals surface area contributed by atoms with Crippen molar-refractivity contribution >= 4 is 5.91 Å². The van der Waals surface area contributed by atoms with Crippen LogP contribution in [0.15, 0.2) is 71.3 Å². The van der Waals surface area contributed by atoms with Gasteiger partial charge in [-0.25, -0.2) is 8.78 Å². The number of amides is 1. The third-order valence-corrected chi connectivity index (χ3v) is 7.15. The summed E-state index contributed by atoms with van der Waals surface area (Å²) in [6.45, 7) is 2.77. The molecule has 0 saturated carbocycles. The molecule has 0 unspecified atom stereocenters. The van der Waals surface area contributed by atoms with Crippen LogP contribution in [-0.4, -0.2) is 34.9 Å². The largest absolute Gasteiger partial charge is 0.390 e. The van der Waals surface area contributed by atoms with Crippen LogP contribution in [-0.2, 0) is 32.2 Å². The van der Waals surface area contributed by atoms with Crippen molar-refractivity contribution in [2.24, 2.45) is 0 Å². The fraction of sp³-hybridized carbons (Fsp3) is 0.290. The fourth-order valence-electron chi connectivity index (χ4n) is 5.12. The number of halogens is 2. The second-order valence-corrected chi connectivity index (χ2v) is 9.93. The fourth-order valence-corrected chi connectivity index (χ4v) is 5.12. The van der Waals surface area contributed by atoms with E-state index in [1.54, 1.807) is 0 Å². The van der Waals surface area contributed by atoms with Crippen LogP contribution in [0.4, 0.5) is 8.78 Å². The molecule has 5 rings (SSSR count). The molecule has 8 heteroatoms. The number of nitrogens with one attached hydrogen (secondary N) is 2. The molecule has 3 N–H and O–H groups in total. The highest BCUT2D eigenvalue weighted by molar-refractivity contribution is 5.95. The smallest absolute Gasteiger partial charge is 0.274 e. The van der Waals surface area contributed by atoms with Gasteiger partial charge in [-0.2, -0.15) is 0 Å². The zero-order valence-electron chi connectivity index (χ0n) is 21.7. The van der Waals surface area contributed by atoms with Crippen molar-refractivity contribution in [2.75, 3.05) is 6.54 Å². The number of aliphatic hydroxyl groups is 1. The van der Waals surface area contributed by atoms with E-state index in [-0.39, 0.29) is 18.7 Å². The van der Waals surface area contributed by atoms with Gasteiger partial charge in [-0.05, 0) is 60.1 Å². The average Bonchev–Trinajstić information content (AvgIpc) is 3.37. The number of hydrogen-bond donors (Lipinski definition) is 3. The van der Waals surface area contributed by atoms with Gasteiger partial charge in [0, 0.05) is 30.3 Å². The Morgan fingerprint density at radius 1 is 1.00 bits per heavy atom. The van der Waals surface area contributed by atoms with Crippen LogP contribution in [0.3, 0.4) is 0 Å². The Kier molecular flexibility index (Phi) is 8.14. The first kappa shape index (κ1) is 26.7. The molecule has 0 spiro atoms. The van der Waals surface area contributed by atoms with Crippen LogP contribution < -0.4 is 10.6 Å². The zero-order valence-corrected chi connectivity index (χ0v) is 21.7. The minimum atomic E-state index is -1.04. The number of carbonyl (C=O) groups excluding carboxylic acids is 1. The van der Waals surface area contributed by atoms with Gasteiger partial charge in [0.15, 0.2) is 11.5 Å². The first-order chi connectivity index (χ1) is 18.9. The monoisotopic (exact) mass is 531 g/mol. The number of rotatable bonds is 10. The molecule has 1 heterocycles. The molecule has 0 bridgehead atoms. The van der Waals surface area contributed by atoms with E-state index in [4.69, 9.17) is 4.52 Å². The van der Waals surface area contributed by atoms with E-state index in [0.29, 0.717) is 29.9 Å². The number of benzene rings is 3. The summed E-state index contributed by atoms with van der Waals surface area (Å²) in [5.41, 5.74) is 5.52. The lowest BCUT2D eigenvalue weighted by molar-refractivity contribution is 0.0821. The Hall–Kier alpha value is -3.88. The first-order valence-corrected chi connectivity index (χ1v) is 13.2. The van der Waals surface area contributed by atoms with Gasteiger partial charge in [0.1, 0.15) is 11.6 Å². The Morgan fingerprint density at radius 3 is 2.56 bits per heavy atom. The molecule has 1 amide bonds. The van der Waals surface area contributed by atoms with E-state index in [0.717, 1.165) is 35.6 Å². The van der Waals surface area contributed by atoms with Gasteiger partial charge in [-0.3, -0.25) is 4.79 Å². The summed E-state index contributed by atoms with van der Waals surface area (Å²) < 4.78 is 33.4. The molecule has 3 aromatic carbocycles. The molecule has 0 fully saturated rings. The standard InChI is InChI=1S/C31H31F2N3O3/c1-2-19-6-5-7-20(12-19)17-34-18-28(37)27(15-21-13-23(32)16-24(33)14-21)35-31(38)29-26-11-10-22-8-3-4-9-25(22)30(26)39-36-29/h3-9,12-14,16,27-28,34,37H,2,10-11,15,17-18H2,1H3,(H,35,38)/t27-,28-/m0/s1. The Balaban J connectivity index is 1.33. The molecule has 1 aromatic heterocycles. The summed E-state index contributed by atoms with van der Waals surface area (Å²) in [4.78, 5) is 13.4. The molecule has 202 valence electrons. The van der Waals surface area contributed by atoms with E-state index >= 15 is 0 Å². The Bertz CT molecular complexity index is 1450. The molecule has 39 heavy (non-hydrogen) atoms. The van der Waals surface area contributed by atoms with Crippen LogP contribution in [0.5, 0.6) is 0 Å². The number of aryl methyl sites for hydroxylation is 2. The van der Waals surface area contributed by atoms with E-state index in [9.17, 15) is 18.7 Å². The summed E-state index contributed by atoms with van der Waals surface area (Å²) in [7, 11) is 0. The van der Waals surface area contributed by atoms with Crippen LogP contribution in [0.2, 0.25) is 0 Å². The van der Waals surface area contributed by atoms with Gasteiger partial charge in [-0.1, -0.05) is 60.6 Å². The molecule has 0 radical (unpaired) electrons. The van der Waals surface area contributed by atoms with E-state index in [2.05, 4.69) is 34.8 Å². The predicted molar refractivity (Wildman–Crippen MR) is 144 cm³/mol. The zero-order chi connectivity index (χ0) is 27.4. The van der Waals surface area contributed by atoms with Gasteiger partial charge < -0.3 is 20.3 Å². The second-order valence-electron chi connectivity index (χ2n) is 9.93. The molecule has 0 aliphatic heterocycles. The highest BCUT2D eigenvalue weighted by atomic mass is 19.1. The summed E-state index contributed by atoms with van der Waals surface area (Å²) in [6.07, 6.45) is 1.25. The summed E-state index contributed by atoms with van der Waals surface area (Å²) >= 11 is 0. The highest BCUT2D eigenvalue weighted by Gasteiger charge is 2.30. The highest BCUT2D eigenvalue weighted by Crippen LogP contribution is 2.35. The van der Waals surface area contributed by atoms with Crippen LogP contribution in [0.25, 0.3) is 11.3 Å². The maximum Gasteiger partial charge on any atom is 0.274 e. The van der Waals surface area contributed by atoms with Crippen LogP contribution >= 0.6 is 0 Å². The molecule has 2 atom stereocenters. The van der Waals surface area contributed by atoms with E-state index < -0.39 is 29.7 Å². The summed E-state index contributed by atoms with van der Waals surface area (Å²) in [5, 5.41) is 21.2. The third kappa shape index (κ3) is 6.24. The topological polar surface area (TPSA) is 87.4 Å². The molecule has 0 saturated heterocycles. The van der Waals surface area contributed by atoms with Crippen LogP contribution in [0, 0.1) is 11.6 Å². The lowest BCUT2D eigenvalue weighted by Gasteiger charge is -2.25. The molecule has 1 aliphatic carbocycles. The normalized spacial score (nSPS) is 13.8. The number of carbonyl (C=O) groups is 1. The van der Waals surface area contributed by atoms with Crippen molar-refractivity contribution < 1.29 is 23.2 Å². The van der Waals surface area contributed by atoms with Gasteiger partial charge in [0.05, 0.1) is 12.1 Å². The van der Waals surface area contributed by atoms with Crippen molar-refractivity contribution in [1.82, 2.24) is 15.8 Å². The second kappa shape index (κ2) is 11.9. The van der Waals surface area contributed by atoms with Gasteiger partial charge >= 0.3 is 0 Å². The van der Waals surface area contributed by atoms with Gasteiger partial charge in [0.2, 0.25) is 0 Å². The number of hydrogen-bond acceptors (Lipinski definition) is 5. The SMILES string of the molecule is CCc1cccc(CNC[C@H](O)[C@H](Cc2cc(F)cc(F)c2)NC(=O)c2noc3c2CCc2ccccc2-3)c1. The van der Waals surface area contributed by atoms with Gasteiger partial charge in [0.25, 0.3) is 5.91 Å². The van der Waals surface area contributed by atoms with E-state index in [1.165, 1.54) is 17.7 Å². The minimum absolute atomic E-state index is 0.0253. The molecular weight excluding hydrogens is 500 g/mol. The maximum absolute atomic E-state index is 13.9. The lowest BCUT2D eigenvalue weighted by Crippen LogP contribution is -2.49. The summed E-state index contributed by atoms with van der Waals surface area (Å²) in [5.74, 6) is -1.37. The minimum Gasteiger partial charge on any atom is -0.390 e. The average molecular weight is 532 g/mol. The van der Waals surface area contributed by atoms with Crippen molar-refractivity contribution in [2.45, 2.75) is 51.3 Å². The molecule has 1 aliphatic rings. The van der Waals surface area contributed by atoms with Crippen molar-refractivity contribution in [3.8, 4) is 11.3 Å². The molecule has 6 nitrogen and oxygen atoms in total. The predicted octanol–water partition coefficient (Wildman–Crippen LogP) is 4.77. The number of aromatic nitrogens is 1. The molecule has 4 aromatic rings. The van der Waals surface area contributed by atoms with Crippen molar-refractivity contribution in [1.29, 1.82) is 0 Å². The first-order valence-electron chi connectivity index (χ1n) is 13.2. The maximum atomic E-state index is 13.9.